The molecule has 0 radical (unpaired) electrons. The van der Waals surface area contributed by atoms with Crippen molar-refractivity contribution < 1.29 is 24.9 Å². The molecule has 1 amide bonds. The lowest BCUT2D eigenvalue weighted by Crippen LogP contribution is -2.43. The molecule has 0 aliphatic heterocycles. The number of aromatic hydroxyl groups is 1. The first kappa shape index (κ1) is 13.0. The van der Waals surface area contributed by atoms with E-state index in [1.165, 1.54) is 18.2 Å². The van der Waals surface area contributed by atoms with Crippen LogP contribution in [0.1, 0.15) is 15.9 Å². The fourth-order valence-corrected chi connectivity index (χ4v) is 1.32. The van der Waals surface area contributed by atoms with Gasteiger partial charge < -0.3 is 20.6 Å². The minimum Gasteiger partial charge on any atom is -0.508 e. The minimum atomic E-state index is -1.34. The summed E-state index contributed by atoms with van der Waals surface area (Å²) in [6, 6.07) is 2.77. The molecule has 0 aliphatic carbocycles. The molecule has 0 heterocycles. The summed E-state index contributed by atoms with van der Waals surface area (Å²) in [5, 5.41) is 28.8. The summed E-state index contributed by atoms with van der Waals surface area (Å²) in [6.07, 6.45) is 0. The number of carboxylic acid groups (broad SMARTS) is 1. The molecule has 0 fully saturated rings. The van der Waals surface area contributed by atoms with E-state index in [4.69, 9.17) is 15.3 Å². The maximum absolute atomic E-state index is 11.7. The number of phenolic OH excluding ortho intramolecular Hbond substituents is 1. The molecule has 92 valence electrons. The van der Waals surface area contributed by atoms with Crippen molar-refractivity contribution in [2.45, 2.75) is 13.0 Å². The molecule has 1 aromatic rings. The van der Waals surface area contributed by atoms with Gasteiger partial charge in [0.2, 0.25) is 0 Å². The lowest BCUT2D eigenvalue weighted by molar-refractivity contribution is -0.140. The highest BCUT2D eigenvalue weighted by Gasteiger charge is 2.20. The predicted octanol–water partition coefficient (Wildman–Crippen LogP) is -0.124. The van der Waals surface area contributed by atoms with E-state index in [-0.39, 0.29) is 11.3 Å². The molecule has 1 rings (SSSR count). The Morgan fingerprint density at radius 1 is 1.41 bits per heavy atom. The van der Waals surface area contributed by atoms with Crippen LogP contribution in [0.15, 0.2) is 18.2 Å². The monoisotopic (exact) mass is 239 g/mol. The molecule has 1 aromatic carbocycles. The summed E-state index contributed by atoms with van der Waals surface area (Å²) in [5.74, 6) is -1.89. The van der Waals surface area contributed by atoms with Crippen molar-refractivity contribution in [1.29, 1.82) is 0 Å². The molecule has 0 spiro atoms. The van der Waals surface area contributed by atoms with E-state index in [9.17, 15) is 9.59 Å². The number of hydrogen-bond donors (Lipinski definition) is 4. The van der Waals surface area contributed by atoms with Crippen LogP contribution < -0.4 is 5.32 Å². The fourth-order valence-electron chi connectivity index (χ4n) is 1.32. The fraction of sp³-hybridized carbons (Fsp3) is 0.273. The zero-order chi connectivity index (χ0) is 13.0. The SMILES string of the molecule is Cc1cc(O)ccc1C(=O)N[C@@H](CO)C(=O)O. The maximum Gasteiger partial charge on any atom is 0.328 e. The molecule has 0 saturated heterocycles. The molecule has 6 heteroatoms. The van der Waals surface area contributed by atoms with E-state index in [1.54, 1.807) is 6.92 Å². The Morgan fingerprint density at radius 3 is 2.53 bits per heavy atom. The van der Waals surface area contributed by atoms with Crippen molar-refractivity contribution in [3.05, 3.63) is 29.3 Å². The van der Waals surface area contributed by atoms with Gasteiger partial charge in [0.25, 0.3) is 5.91 Å². The number of hydrogen-bond acceptors (Lipinski definition) is 4. The number of aliphatic carboxylic acids is 1. The number of nitrogens with one attached hydrogen (secondary N) is 1. The van der Waals surface area contributed by atoms with E-state index in [0.29, 0.717) is 5.56 Å². The largest absolute Gasteiger partial charge is 0.508 e. The Balaban J connectivity index is 2.86. The molecule has 0 aromatic heterocycles. The summed E-state index contributed by atoms with van der Waals surface area (Å²) in [7, 11) is 0. The maximum atomic E-state index is 11.7. The van der Waals surface area contributed by atoms with Gasteiger partial charge in [-0.05, 0) is 30.7 Å². The second-order valence-electron chi connectivity index (χ2n) is 3.55. The first-order valence-corrected chi connectivity index (χ1v) is 4.90. The van der Waals surface area contributed by atoms with Crippen molar-refractivity contribution in [3.8, 4) is 5.75 Å². The number of carboxylic acids is 1. The highest BCUT2D eigenvalue weighted by Crippen LogP contribution is 2.15. The van der Waals surface area contributed by atoms with Crippen LogP contribution in [0.5, 0.6) is 5.75 Å². The van der Waals surface area contributed by atoms with Gasteiger partial charge in [0.05, 0.1) is 6.61 Å². The van der Waals surface area contributed by atoms with E-state index in [2.05, 4.69) is 5.32 Å². The van der Waals surface area contributed by atoms with Gasteiger partial charge in [0.15, 0.2) is 6.04 Å². The van der Waals surface area contributed by atoms with Gasteiger partial charge in [0, 0.05) is 5.56 Å². The van der Waals surface area contributed by atoms with Crippen molar-refractivity contribution in [2.24, 2.45) is 0 Å². The van der Waals surface area contributed by atoms with Crippen LogP contribution in [0.3, 0.4) is 0 Å². The van der Waals surface area contributed by atoms with Crippen LogP contribution in [-0.4, -0.2) is 39.8 Å². The third kappa shape index (κ3) is 3.18. The van der Waals surface area contributed by atoms with Crippen LogP contribution in [0.4, 0.5) is 0 Å². The highest BCUT2D eigenvalue weighted by atomic mass is 16.4. The predicted molar refractivity (Wildman–Crippen MR) is 58.8 cm³/mol. The third-order valence-corrected chi connectivity index (χ3v) is 2.24. The Kier molecular flexibility index (Phi) is 4.06. The van der Waals surface area contributed by atoms with Crippen molar-refractivity contribution >= 4 is 11.9 Å². The van der Waals surface area contributed by atoms with Gasteiger partial charge >= 0.3 is 5.97 Å². The average molecular weight is 239 g/mol. The zero-order valence-electron chi connectivity index (χ0n) is 9.17. The minimum absolute atomic E-state index is 0.0241. The summed E-state index contributed by atoms with van der Waals surface area (Å²) in [4.78, 5) is 22.3. The van der Waals surface area contributed by atoms with Crippen LogP contribution in [0.2, 0.25) is 0 Å². The van der Waals surface area contributed by atoms with E-state index in [1.807, 2.05) is 0 Å². The van der Waals surface area contributed by atoms with Crippen molar-refractivity contribution in [2.75, 3.05) is 6.61 Å². The summed E-state index contributed by atoms with van der Waals surface area (Å²) >= 11 is 0. The number of phenols is 1. The Hall–Kier alpha value is -2.08. The number of carbonyl (C=O) groups is 2. The molecule has 17 heavy (non-hydrogen) atoms. The summed E-state index contributed by atoms with van der Waals surface area (Å²) in [6.45, 7) is 0.932. The lowest BCUT2D eigenvalue weighted by atomic mass is 10.1. The van der Waals surface area contributed by atoms with Gasteiger partial charge in [0.1, 0.15) is 5.75 Å². The number of aryl methyl sites for hydroxylation is 1. The van der Waals surface area contributed by atoms with E-state index >= 15 is 0 Å². The summed E-state index contributed by atoms with van der Waals surface area (Å²) < 4.78 is 0. The van der Waals surface area contributed by atoms with E-state index in [0.717, 1.165) is 0 Å². The Bertz CT molecular complexity index is 443. The third-order valence-electron chi connectivity index (χ3n) is 2.24. The number of aliphatic hydroxyl groups excluding tert-OH is 1. The quantitative estimate of drug-likeness (QED) is 0.585. The normalized spacial score (nSPS) is 11.9. The van der Waals surface area contributed by atoms with Crippen LogP contribution in [0, 0.1) is 6.92 Å². The topological polar surface area (TPSA) is 107 Å². The van der Waals surface area contributed by atoms with Crippen LogP contribution >= 0.6 is 0 Å². The highest BCUT2D eigenvalue weighted by molar-refractivity contribution is 5.97. The number of benzene rings is 1. The number of amides is 1. The molecule has 0 saturated carbocycles. The second-order valence-corrected chi connectivity index (χ2v) is 3.55. The zero-order valence-corrected chi connectivity index (χ0v) is 9.17. The van der Waals surface area contributed by atoms with Gasteiger partial charge in [-0.1, -0.05) is 0 Å². The van der Waals surface area contributed by atoms with E-state index < -0.39 is 24.5 Å². The first-order chi connectivity index (χ1) is 7.95. The molecule has 0 aliphatic rings. The number of carbonyl (C=O) groups excluding carboxylic acids is 1. The van der Waals surface area contributed by atoms with Crippen molar-refractivity contribution in [3.63, 3.8) is 0 Å². The van der Waals surface area contributed by atoms with Gasteiger partial charge in [-0.15, -0.1) is 0 Å². The second kappa shape index (κ2) is 5.31. The van der Waals surface area contributed by atoms with Gasteiger partial charge in [-0.25, -0.2) is 4.79 Å². The molecule has 0 bridgehead atoms. The Morgan fingerprint density at radius 2 is 2.06 bits per heavy atom. The number of rotatable bonds is 4. The first-order valence-electron chi connectivity index (χ1n) is 4.90. The standard InChI is InChI=1S/C11H13NO5/c1-6-4-7(14)2-3-8(6)10(15)12-9(5-13)11(16)17/h2-4,9,13-14H,5H2,1H3,(H,12,15)(H,16,17)/t9-/m0/s1. The van der Waals surface area contributed by atoms with Gasteiger partial charge in [-0.2, -0.15) is 0 Å². The Labute approximate surface area is 97.5 Å². The van der Waals surface area contributed by atoms with Crippen molar-refractivity contribution in [1.82, 2.24) is 5.32 Å². The molecule has 6 nitrogen and oxygen atoms in total. The average Bonchev–Trinajstić information content (AvgIpc) is 2.24. The van der Waals surface area contributed by atoms with Crippen LogP contribution in [-0.2, 0) is 4.79 Å². The smallest absolute Gasteiger partial charge is 0.328 e. The molecular formula is C11H13NO5. The molecule has 0 unspecified atom stereocenters. The lowest BCUT2D eigenvalue weighted by Gasteiger charge is -2.12. The van der Waals surface area contributed by atoms with Gasteiger partial charge in [-0.3, -0.25) is 4.79 Å². The molecule has 4 N–H and O–H groups in total. The number of aliphatic hydroxyl groups is 1. The molecular weight excluding hydrogens is 226 g/mol. The van der Waals surface area contributed by atoms with Crippen LogP contribution in [0.25, 0.3) is 0 Å². The summed E-state index contributed by atoms with van der Waals surface area (Å²) in [5.41, 5.74) is 0.770. The molecule has 1 atom stereocenters.